The van der Waals surface area contributed by atoms with Gasteiger partial charge in [-0.3, -0.25) is 0 Å². The molecule has 1 aliphatic heterocycles. The molecule has 1 heterocycles. The molecule has 36 heavy (non-hydrogen) atoms. The molecular weight excluding hydrogens is 473 g/mol. The lowest BCUT2D eigenvalue weighted by atomic mass is 9.76. The summed E-state index contributed by atoms with van der Waals surface area (Å²) in [6.07, 6.45) is 10.8. The summed E-state index contributed by atoms with van der Waals surface area (Å²) in [5.74, 6) is 2.37. The predicted molar refractivity (Wildman–Crippen MR) is 145 cm³/mol. The first-order valence-electron chi connectivity index (χ1n) is 14.2. The Kier molecular flexibility index (Phi) is 9.98. The third kappa shape index (κ3) is 8.39. The van der Waals surface area contributed by atoms with Gasteiger partial charge in [0.2, 0.25) is 0 Å². The zero-order chi connectivity index (χ0) is 25.4. The Labute approximate surface area is 217 Å². The molecule has 1 aliphatic carbocycles. The van der Waals surface area contributed by atoms with Gasteiger partial charge < -0.3 is 4.74 Å². The standard InChI is InChI=1S/C31H42F3OSi/c1-2-3-4-21-36-22-19-25(20-23-36)6-5-24-7-9-26(10-8-24)27-11-13-28(14-12-27)29-15-17-30(18-16-29)35-31(32,33)34/h11-18,24-26H,2-10,19-23H2,1H3. The van der Waals surface area contributed by atoms with E-state index in [1.165, 1.54) is 88.3 Å². The summed E-state index contributed by atoms with van der Waals surface area (Å²) in [5, 5.41) is 0. The van der Waals surface area contributed by atoms with E-state index in [2.05, 4.69) is 35.9 Å². The SMILES string of the molecule is CCCCC[Si]1CCC(CCC2CCC(c3ccc(-c4ccc(OC(F)(F)F)cc4)cc3)CC2)CC1. The lowest BCUT2D eigenvalue weighted by molar-refractivity contribution is -0.274. The van der Waals surface area contributed by atoms with Crippen molar-refractivity contribution in [1.82, 2.24) is 0 Å². The summed E-state index contributed by atoms with van der Waals surface area (Å²) in [7, 11) is -0.00854. The van der Waals surface area contributed by atoms with Gasteiger partial charge in [-0.1, -0.05) is 106 Å². The first-order valence-corrected chi connectivity index (χ1v) is 16.3. The molecule has 1 saturated heterocycles. The summed E-state index contributed by atoms with van der Waals surface area (Å²) in [6, 6.07) is 19.5. The second-order valence-electron chi connectivity index (χ2n) is 11.1. The number of halogens is 3. The summed E-state index contributed by atoms with van der Waals surface area (Å²) < 4.78 is 41.1. The Morgan fingerprint density at radius 2 is 1.31 bits per heavy atom. The molecule has 197 valence electrons. The van der Waals surface area contributed by atoms with E-state index >= 15 is 0 Å². The van der Waals surface area contributed by atoms with Crippen LogP contribution in [0.15, 0.2) is 48.5 Å². The van der Waals surface area contributed by atoms with Crippen molar-refractivity contribution >= 4 is 8.80 Å². The third-order valence-corrected chi connectivity index (χ3v) is 11.6. The van der Waals surface area contributed by atoms with Crippen molar-refractivity contribution in [2.75, 3.05) is 0 Å². The topological polar surface area (TPSA) is 9.23 Å². The Hall–Kier alpha value is -1.75. The molecule has 5 heteroatoms. The van der Waals surface area contributed by atoms with Crippen molar-refractivity contribution < 1.29 is 17.9 Å². The molecule has 2 fully saturated rings. The van der Waals surface area contributed by atoms with Gasteiger partial charge in [-0.2, -0.15) is 0 Å². The maximum absolute atomic E-state index is 12.4. The van der Waals surface area contributed by atoms with Crippen LogP contribution in [0.25, 0.3) is 11.1 Å². The molecule has 1 radical (unpaired) electrons. The van der Waals surface area contributed by atoms with Crippen LogP contribution in [0, 0.1) is 11.8 Å². The number of hydrogen-bond donors (Lipinski definition) is 0. The second kappa shape index (κ2) is 13.2. The molecule has 2 aromatic rings. The minimum absolute atomic E-state index is 0.00854. The van der Waals surface area contributed by atoms with Gasteiger partial charge in [0.05, 0.1) is 0 Å². The molecule has 2 aromatic carbocycles. The van der Waals surface area contributed by atoms with Crippen LogP contribution in [0.4, 0.5) is 13.2 Å². The number of ether oxygens (including phenoxy) is 1. The van der Waals surface area contributed by atoms with E-state index in [1.54, 1.807) is 30.3 Å². The molecule has 4 rings (SSSR count). The first-order chi connectivity index (χ1) is 17.4. The normalized spacial score (nSPS) is 22.0. The van der Waals surface area contributed by atoms with E-state index in [9.17, 15) is 13.2 Å². The monoisotopic (exact) mass is 515 g/mol. The molecule has 0 N–H and O–H groups in total. The number of rotatable bonds is 10. The van der Waals surface area contributed by atoms with Crippen LogP contribution in [-0.2, 0) is 0 Å². The van der Waals surface area contributed by atoms with Crippen LogP contribution < -0.4 is 4.74 Å². The zero-order valence-electron chi connectivity index (χ0n) is 21.8. The average molecular weight is 516 g/mol. The largest absolute Gasteiger partial charge is 0.573 e. The number of unbranched alkanes of at least 4 members (excludes halogenated alkanes) is 2. The fourth-order valence-corrected chi connectivity index (χ4v) is 9.44. The van der Waals surface area contributed by atoms with E-state index in [4.69, 9.17) is 0 Å². The van der Waals surface area contributed by atoms with Crippen LogP contribution in [-0.4, -0.2) is 15.2 Å². The van der Waals surface area contributed by atoms with Crippen LogP contribution >= 0.6 is 0 Å². The van der Waals surface area contributed by atoms with Gasteiger partial charge in [-0.05, 0) is 72.3 Å². The van der Waals surface area contributed by atoms with E-state index in [0.717, 1.165) is 23.0 Å². The molecular formula is C31H42F3OSi. The number of alkyl halides is 3. The zero-order valence-corrected chi connectivity index (χ0v) is 22.8. The molecule has 0 spiro atoms. The van der Waals surface area contributed by atoms with Gasteiger partial charge in [0, 0.05) is 8.80 Å². The molecule has 0 atom stereocenters. The molecule has 2 aliphatic rings. The minimum atomic E-state index is -4.66. The van der Waals surface area contributed by atoms with Gasteiger partial charge in [0.15, 0.2) is 0 Å². The second-order valence-corrected chi connectivity index (χ2v) is 14.1. The van der Waals surface area contributed by atoms with Crippen LogP contribution in [0.2, 0.25) is 18.1 Å². The van der Waals surface area contributed by atoms with Gasteiger partial charge in [0.25, 0.3) is 0 Å². The maximum atomic E-state index is 12.4. The van der Waals surface area contributed by atoms with E-state index in [1.807, 2.05) is 0 Å². The van der Waals surface area contributed by atoms with Gasteiger partial charge in [0.1, 0.15) is 5.75 Å². The fourth-order valence-electron chi connectivity index (χ4n) is 6.30. The van der Waals surface area contributed by atoms with Crippen molar-refractivity contribution in [3.05, 3.63) is 54.1 Å². The Bertz CT molecular complexity index is 893. The summed E-state index contributed by atoms with van der Waals surface area (Å²) in [4.78, 5) is 0. The van der Waals surface area contributed by atoms with Gasteiger partial charge in [-0.15, -0.1) is 13.2 Å². The van der Waals surface area contributed by atoms with Gasteiger partial charge >= 0.3 is 6.36 Å². The average Bonchev–Trinajstić information content (AvgIpc) is 2.88. The van der Waals surface area contributed by atoms with Crippen molar-refractivity contribution in [2.45, 2.75) is 108 Å². The number of hydrogen-bond acceptors (Lipinski definition) is 1. The minimum Gasteiger partial charge on any atom is -0.406 e. The highest BCUT2D eigenvalue weighted by Gasteiger charge is 2.31. The van der Waals surface area contributed by atoms with Crippen LogP contribution in [0.3, 0.4) is 0 Å². The van der Waals surface area contributed by atoms with Crippen molar-refractivity contribution in [2.24, 2.45) is 11.8 Å². The predicted octanol–water partition coefficient (Wildman–Crippen LogP) is 10.4. The van der Waals surface area contributed by atoms with Crippen molar-refractivity contribution in [3.63, 3.8) is 0 Å². The van der Waals surface area contributed by atoms with Crippen LogP contribution in [0.1, 0.15) is 89.0 Å². The molecule has 1 saturated carbocycles. The Balaban J connectivity index is 1.17. The molecule has 1 nitrogen and oxygen atoms in total. The summed E-state index contributed by atoms with van der Waals surface area (Å²) in [5.41, 5.74) is 3.32. The quantitative estimate of drug-likeness (QED) is 0.226. The highest BCUT2D eigenvalue weighted by molar-refractivity contribution is 6.58. The number of benzene rings is 2. The summed E-state index contributed by atoms with van der Waals surface area (Å²) in [6.45, 7) is 2.31. The Morgan fingerprint density at radius 1 is 0.750 bits per heavy atom. The molecule has 0 unspecified atom stereocenters. The maximum Gasteiger partial charge on any atom is 0.573 e. The summed E-state index contributed by atoms with van der Waals surface area (Å²) >= 11 is 0. The molecule has 0 amide bonds. The lowest BCUT2D eigenvalue weighted by Gasteiger charge is -2.32. The molecule has 0 aromatic heterocycles. The van der Waals surface area contributed by atoms with Crippen molar-refractivity contribution in [1.29, 1.82) is 0 Å². The van der Waals surface area contributed by atoms with Gasteiger partial charge in [-0.25, -0.2) is 0 Å². The highest BCUT2D eigenvalue weighted by Crippen LogP contribution is 2.40. The Morgan fingerprint density at radius 3 is 1.86 bits per heavy atom. The van der Waals surface area contributed by atoms with Crippen LogP contribution in [0.5, 0.6) is 5.75 Å². The van der Waals surface area contributed by atoms with E-state index < -0.39 is 6.36 Å². The smallest absolute Gasteiger partial charge is 0.406 e. The van der Waals surface area contributed by atoms with E-state index in [0.29, 0.717) is 5.92 Å². The third-order valence-electron chi connectivity index (χ3n) is 8.58. The fraction of sp³-hybridized carbons (Fsp3) is 0.613. The first kappa shape index (κ1) is 27.3. The lowest BCUT2D eigenvalue weighted by Crippen LogP contribution is -2.22. The van der Waals surface area contributed by atoms with Crippen molar-refractivity contribution in [3.8, 4) is 16.9 Å². The van der Waals surface area contributed by atoms with E-state index in [-0.39, 0.29) is 14.5 Å². The molecule has 0 bridgehead atoms. The highest BCUT2D eigenvalue weighted by atomic mass is 28.3.